The standard InChI is InChI=1S/C17H32ClN5/c1-7-19-17(20-9-10-23(8-2)14(3)4)22(6)13-16-11-15(18)12-21(16)5/h11-12,14H,7-10,13H2,1-6H3,(H,19,20). The topological polar surface area (TPSA) is 35.8 Å². The van der Waals surface area contributed by atoms with Crippen molar-refractivity contribution in [1.29, 1.82) is 0 Å². The lowest BCUT2D eigenvalue weighted by Gasteiger charge is -2.25. The Hall–Kier alpha value is -1.20. The van der Waals surface area contributed by atoms with Crippen LogP contribution in [-0.2, 0) is 13.6 Å². The van der Waals surface area contributed by atoms with Crippen molar-refractivity contribution in [3.8, 4) is 0 Å². The monoisotopic (exact) mass is 341 g/mol. The predicted octanol–water partition coefficient (Wildman–Crippen LogP) is 2.81. The Bertz CT molecular complexity index is 495. The minimum Gasteiger partial charge on any atom is -0.357 e. The first-order valence-corrected chi connectivity index (χ1v) is 8.81. The van der Waals surface area contributed by atoms with Gasteiger partial charge in [0.15, 0.2) is 5.96 Å². The number of nitrogens with one attached hydrogen (secondary N) is 1. The molecule has 0 saturated carbocycles. The van der Waals surface area contributed by atoms with Crippen molar-refractivity contribution in [2.24, 2.45) is 12.0 Å². The van der Waals surface area contributed by atoms with Gasteiger partial charge in [0.1, 0.15) is 0 Å². The SMILES string of the molecule is CCNC(=NCCN(CC)C(C)C)N(C)Cc1cc(Cl)cn1C. The number of likely N-dealkylation sites (N-methyl/N-ethyl adjacent to an activating group) is 1. The van der Waals surface area contributed by atoms with Gasteiger partial charge in [-0.05, 0) is 33.4 Å². The third-order valence-electron chi connectivity index (χ3n) is 3.96. The van der Waals surface area contributed by atoms with Crippen molar-refractivity contribution < 1.29 is 0 Å². The largest absolute Gasteiger partial charge is 0.357 e. The van der Waals surface area contributed by atoms with E-state index in [1.807, 2.05) is 19.3 Å². The summed E-state index contributed by atoms with van der Waals surface area (Å²) in [6.07, 6.45) is 1.93. The molecule has 1 heterocycles. The molecule has 5 nitrogen and oxygen atoms in total. The first-order chi connectivity index (χ1) is 10.9. The van der Waals surface area contributed by atoms with Crippen LogP contribution in [0.15, 0.2) is 17.3 Å². The minimum absolute atomic E-state index is 0.557. The summed E-state index contributed by atoms with van der Waals surface area (Å²) in [4.78, 5) is 9.32. The average Bonchev–Trinajstić information content (AvgIpc) is 2.79. The van der Waals surface area contributed by atoms with Crippen molar-refractivity contribution in [2.75, 3.05) is 33.2 Å². The summed E-state index contributed by atoms with van der Waals surface area (Å²) in [6.45, 7) is 13.2. The number of rotatable bonds is 8. The molecule has 1 N–H and O–H groups in total. The van der Waals surface area contributed by atoms with Crippen LogP contribution in [-0.4, -0.2) is 59.6 Å². The smallest absolute Gasteiger partial charge is 0.194 e. The summed E-state index contributed by atoms with van der Waals surface area (Å²) in [5.41, 5.74) is 1.17. The first-order valence-electron chi connectivity index (χ1n) is 8.43. The van der Waals surface area contributed by atoms with Gasteiger partial charge in [-0.2, -0.15) is 0 Å². The van der Waals surface area contributed by atoms with Crippen LogP contribution in [0.3, 0.4) is 0 Å². The highest BCUT2D eigenvalue weighted by atomic mass is 35.5. The molecule has 0 aliphatic heterocycles. The summed E-state index contributed by atoms with van der Waals surface area (Å²) in [5, 5.41) is 4.14. The molecule has 0 aromatic carbocycles. The van der Waals surface area contributed by atoms with E-state index in [4.69, 9.17) is 16.6 Å². The van der Waals surface area contributed by atoms with E-state index in [9.17, 15) is 0 Å². The normalized spacial score (nSPS) is 12.3. The number of halogens is 1. The van der Waals surface area contributed by atoms with E-state index in [1.165, 1.54) is 5.69 Å². The molecule has 0 atom stereocenters. The highest BCUT2D eigenvalue weighted by Gasteiger charge is 2.10. The molecule has 1 aromatic heterocycles. The Morgan fingerprint density at radius 1 is 1.39 bits per heavy atom. The molecule has 0 amide bonds. The van der Waals surface area contributed by atoms with Gasteiger partial charge in [-0.3, -0.25) is 9.89 Å². The van der Waals surface area contributed by atoms with Crippen LogP contribution in [0.1, 0.15) is 33.4 Å². The van der Waals surface area contributed by atoms with E-state index in [-0.39, 0.29) is 0 Å². The van der Waals surface area contributed by atoms with Crippen LogP contribution in [0.4, 0.5) is 0 Å². The maximum Gasteiger partial charge on any atom is 0.194 e. The lowest BCUT2D eigenvalue weighted by molar-refractivity contribution is 0.240. The summed E-state index contributed by atoms with van der Waals surface area (Å²) < 4.78 is 2.06. The molecule has 6 heteroatoms. The Morgan fingerprint density at radius 3 is 2.57 bits per heavy atom. The molecule has 0 spiro atoms. The first kappa shape index (κ1) is 19.8. The molecule has 0 unspecified atom stereocenters. The van der Waals surface area contributed by atoms with E-state index < -0.39 is 0 Å². The van der Waals surface area contributed by atoms with Crippen LogP contribution in [0.2, 0.25) is 5.02 Å². The highest BCUT2D eigenvalue weighted by molar-refractivity contribution is 6.30. The van der Waals surface area contributed by atoms with Gasteiger partial charge in [0.05, 0.1) is 18.1 Å². The Kier molecular flexibility index (Phi) is 8.48. The van der Waals surface area contributed by atoms with Crippen molar-refractivity contribution in [1.82, 2.24) is 19.7 Å². The van der Waals surface area contributed by atoms with Crippen molar-refractivity contribution >= 4 is 17.6 Å². The second kappa shape index (κ2) is 9.83. The van der Waals surface area contributed by atoms with Crippen LogP contribution < -0.4 is 5.32 Å². The summed E-state index contributed by atoms with van der Waals surface area (Å²) >= 11 is 6.06. The number of aryl methyl sites for hydroxylation is 1. The molecule has 132 valence electrons. The second-order valence-corrected chi connectivity index (χ2v) is 6.51. The fourth-order valence-corrected chi connectivity index (χ4v) is 2.85. The molecular weight excluding hydrogens is 310 g/mol. The third-order valence-corrected chi connectivity index (χ3v) is 4.16. The number of aliphatic imine (C=N–C) groups is 1. The van der Waals surface area contributed by atoms with Crippen LogP contribution in [0.5, 0.6) is 0 Å². The molecule has 0 fully saturated rings. The van der Waals surface area contributed by atoms with E-state index in [2.05, 4.69) is 54.4 Å². The average molecular weight is 342 g/mol. The van der Waals surface area contributed by atoms with E-state index >= 15 is 0 Å². The van der Waals surface area contributed by atoms with E-state index in [0.717, 1.165) is 43.7 Å². The second-order valence-electron chi connectivity index (χ2n) is 6.07. The van der Waals surface area contributed by atoms with Gasteiger partial charge in [-0.1, -0.05) is 18.5 Å². The van der Waals surface area contributed by atoms with Crippen LogP contribution >= 0.6 is 11.6 Å². The van der Waals surface area contributed by atoms with E-state index in [0.29, 0.717) is 6.04 Å². The zero-order valence-corrected chi connectivity index (χ0v) is 16.2. The third kappa shape index (κ3) is 6.43. The molecule has 0 bridgehead atoms. The maximum absolute atomic E-state index is 6.06. The Morgan fingerprint density at radius 2 is 2.09 bits per heavy atom. The summed E-state index contributed by atoms with van der Waals surface area (Å²) in [6, 6.07) is 2.56. The van der Waals surface area contributed by atoms with Gasteiger partial charge in [0.2, 0.25) is 0 Å². The quantitative estimate of drug-likeness (QED) is 0.583. The lowest BCUT2D eigenvalue weighted by Crippen LogP contribution is -2.40. The van der Waals surface area contributed by atoms with Gasteiger partial charge >= 0.3 is 0 Å². The van der Waals surface area contributed by atoms with E-state index in [1.54, 1.807) is 0 Å². The van der Waals surface area contributed by atoms with Crippen molar-refractivity contribution in [2.45, 2.75) is 40.3 Å². The summed E-state index contributed by atoms with van der Waals surface area (Å²) in [5.74, 6) is 0.935. The molecular formula is C17H32ClN5. The van der Waals surface area contributed by atoms with Gasteiger partial charge in [-0.15, -0.1) is 0 Å². The van der Waals surface area contributed by atoms with Gasteiger partial charge < -0.3 is 14.8 Å². The van der Waals surface area contributed by atoms with Crippen molar-refractivity contribution in [3.05, 3.63) is 23.0 Å². The Labute approximate surface area is 146 Å². The molecule has 0 radical (unpaired) electrons. The number of nitrogens with zero attached hydrogens (tertiary/aromatic N) is 4. The Balaban J connectivity index is 2.68. The number of hydrogen-bond donors (Lipinski definition) is 1. The van der Waals surface area contributed by atoms with Crippen LogP contribution in [0.25, 0.3) is 0 Å². The molecule has 1 aromatic rings. The zero-order chi connectivity index (χ0) is 17.4. The molecule has 0 aliphatic rings. The fourth-order valence-electron chi connectivity index (χ4n) is 2.58. The highest BCUT2D eigenvalue weighted by Crippen LogP contribution is 2.14. The minimum atomic E-state index is 0.557. The molecule has 23 heavy (non-hydrogen) atoms. The van der Waals surface area contributed by atoms with Gasteiger partial charge in [-0.25, -0.2) is 0 Å². The molecule has 0 aliphatic carbocycles. The molecule has 0 saturated heterocycles. The van der Waals surface area contributed by atoms with Crippen LogP contribution in [0, 0.1) is 0 Å². The zero-order valence-electron chi connectivity index (χ0n) is 15.4. The predicted molar refractivity (Wildman–Crippen MR) is 100 cm³/mol. The fraction of sp³-hybridized carbons (Fsp3) is 0.706. The maximum atomic E-state index is 6.06. The summed E-state index contributed by atoms with van der Waals surface area (Å²) in [7, 11) is 4.07. The number of guanidine groups is 1. The molecule has 1 rings (SSSR count). The van der Waals surface area contributed by atoms with Gasteiger partial charge in [0, 0.05) is 45.1 Å². The lowest BCUT2D eigenvalue weighted by atomic mass is 10.3. The van der Waals surface area contributed by atoms with Crippen molar-refractivity contribution in [3.63, 3.8) is 0 Å². The number of hydrogen-bond acceptors (Lipinski definition) is 2. The number of aromatic nitrogens is 1. The van der Waals surface area contributed by atoms with Gasteiger partial charge in [0.25, 0.3) is 0 Å².